The van der Waals surface area contributed by atoms with Crippen molar-refractivity contribution in [1.29, 1.82) is 0 Å². The van der Waals surface area contributed by atoms with Crippen LogP contribution < -0.4 is 5.19 Å². The average Bonchev–Trinajstić information content (AvgIpc) is 3.82. The number of aromatic nitrogens is 5. The van der Waals surface area contributed by atoms with E-state index >= 15 is 0 Å². The first-order chi connectivity index (χ1) is 29.7. The van der Waals surface area contributed by atoms with E-state index in [9.17, 15) is 0 Å². The van der Waals surface area contributed by atoms with Crippen molar-refractivity contribution >= 4 is 57.3 Å². The maximum atomic E-state index is 6.47. The van der Waals surface area contributed by atoms with Crippen LogP contribution >= 0.6 is 0 Å². The molecule has 0 aliphatic rings. The van der Waals surface area contributed by atoms with Crippen LogP contribution in [0.5, 0.6) is 0 Å². The molecule has 0 spiro atoms. The monoisotopic (exact) mass is 1020 g/mol. The van der Waals surface area contributed by atoms with Crippen LogP contribution in [0.4, 0.5) is 0 Å². The van der Waals surface area contributed by atoms with Crippen LogP contribution in [0, 0.1) is 38.3 Å². The van der Waals surface area contributed by atoms with Gasteiger partial charge in [0, 0.05) is 59.7 Å². The quantitative estimate of drug-likeness (QED) is 0.123. The van der Waals surface area contributed by atoms with Crippen molar-refractivity contribution in [3.05, 3.63) is 168 Å². The Labute approximate surface area is 384 Å². The molecular formula is C55H51IrN5OSi-2. The van der Waals surface area contributed by atoms with Gasteiger partial charge in [0.15, 0.2) is 0 Å². The maximum absolute atomic E-state index is 6.47. The molecule has 0 bridgehead atoms. The van der Waals surface area contributed by atoms with Gasteiger partial charge in [-0.1, -0.05) is 112 Å². The Balaban J connectivity index is 0.000000210. The topological polar surface area (TPSA) is 69.6 Å². The Morgan fingerprint density at radius 2 is 1.44 bits per heavy atom. The summed E-state index contributed by atoms with van der Waals surface area (Å²) in [6.45, 7) is 20.2. The molecule has 5 heterocycles. The van der Waals surface area contributed by atoms with E-state index in [1.54, 1.807) is 0 Å². The van der Waals surface area contributed by atoms with E-state index in [4.69, 9.17) is 24.4 Å². The molecule has 5 aromatic heterocycles. The Morgan fingerprint density at radius 1 is 0.698 bits per heavy atom. The molecule has 1 radical (unpaired) electrons. The van der Waals surface area contributed by atoms with E-state index in [1.165, 1.54) is 10.8 Å². The minimum absolute atomic E-state index is 0. The van der Waals surface area contributed by atoms with Crippen LogP contribution in [0.1, 0.15) is 43.3 Å². The van der Waals surface area contributed by atoms with Crippen LogP contribution in [0.3, 0.4) is 0 Å². The van der Waals surface area contributed by atoms with Gasteiger partial charge >= 0.3 is 0 Å². The van der Waals surface area contributed by atoms with Crippen molar-refractivity contribution in [3.63, 3.8) is 0 Å². The summed E-state index contributed by atoms with van der Waals surface area (Å²) in [6.07, 6.45) is 3.21. The van der Waals surface area contributed by atoms with Gasteiger partial charge < -0.3 is 14.0 Å². The molecule has 0 atom stereocenters. The molecule has 6 nitrogen and oxygen atoms in total. The Morgan fingerprint density at radius 3 is 2.19 bits per heavy atom. The van der Waals surface area contributed by atoms with Crippen LogP contribution in [0.25, 0.3) is 83.5 Å². The molecule has 10 aromatic rings. The van der Waals surface area contributed by atoms with Crippen molar-refractivity contribution in [2.24, 2.45) is 5.41 Å². The first kappa shape index (κ1) is 43.6. The number of furan rings is 1. The van der Waals surface area contributed by atoms with E-state index in [1.807, 2.05) is 50.2 Å². The van der Waals surface area contributed by atoms with Crippen molar-refractivity contribution in [1.82, 2.24) is 24.5 Å². The number of imidazole rings is 1. The SMILES string of the molecule is CC(C)(C)Cc1cc(-c2[c-]cccc2)ncc1[Si](C)(C)C.Cc1ccc2c(ccc3nc(-c4[c-]ccc5c4oc4nc(C)c(C)cc45)n(-c4ccccc4-c4ccccc4)c32)n1.[Ir]. The molecule has 0 saturated carbocycles. The van der Waals surface area contributed by atoms with Crippen molar-refractivity contribution in [2.45, 2.75) is 67.6 Å². The number of hydrogen-bond acceptors (Lipinski definition) is 5. The molecule has 5 aromatic carbocycles. The van der Waals surface area contributed by atoms with Crippen LogP contribution in [0.2, 0.25) is 19.6 Å². The zero-order valence-corrected chi connectivity index (χ0v) is 40.8. The smallest absolute Gasteiger partial charge is 0.216 e. The molecule has 0 aliphatic carbocycles. The fourth-order valence-corrected chi connectivity index (χ4v) is 9.99. The van der Waals surface area contributed by atoms with Crippen molar-refractivity contribution < 1.29 is 24.5 Å². The first-order valence-electron chi connectivity index (χ1n) is 21.4. The van der Waals surface area contributed by atoms with E-state index in [2.05, 4.69) is 161 Å². The van der Waals surface area contributed by atoms with E-state index in [0.717, 1.165) is 101 Å². The molecule has 0 fully saturated rings. The third-order valence-corrected chi connectivity index (χ3v) is 13.5. The predicted octanol–water partition coefficient (Wildman–Crippen LogP) is 13.6. The minimum atomic E-state index is -1.37. The third kappa shape index (κ3) is 8.68. The molecule has 0 amide bonds. The second-order valence-corrected chi connectivity index (χ2v) is 23.6. The van der Waals surface area contributed by atoms with E-state index < -0.39 is 8.07 Å². The van der Waals surface area contributed by atoms with Gasteiger partial charge in [-0.25, -0.2) is 4.98 Å². The molecular weight excluding hydrogens is 967 g/mol. The molecule has 0 unspecified atom stereocenters. The van der Waals surface area contributed by atoms with E-state index in [0.29, 0.717) is 5.71 Å². The van der Waals surface area contributed by atoms with Gasteiger partial charge in [-0.05, 0) is 91.0 Å². The summed E-state index contributed by atoms with van der Waals surface area (Å²) >= 11 is 0. The van der Waals surface area contributed by atoms with Crippen molar-refractivity contribution in [2.75, 3.05) is 0 Å². The molecule has 0 aliphatic heterocycles. The van der Waals surface area contributed by atoms with Gasteiger partial charge in [0.1, 0.15) is 0 Å². The molecule has 0 N–H and O–H groups in total. The number of pyridine rings is 3. The number of benzene rings is 5. The maximum Gasteiger partial charge on any atom is 0.216 e. The van der Waals surface area contributed by atoms with Crippen LogP contribution in [-0.2, 0) is 26.5 Å². The van der Waals surface area contributed by atoms with Crippen LogP contribution in [0.15, 0.2) is 138 Å². The van der Waals surface area contributed by atoms with Gasteiger partial charge in [0.25, 0.3) is 0 Å². The number of hydrogen-bond donors (Lipinski definition) is 0. The number of nitrogens with zero attached hydrogens (tertiary/aromatic N) is 5. The molecule has 317 valence electrons. The van der Waals surface area contributed by atoms with Gasteiger partial charge in [0.2, 0.25) is 5.71 Å². The van der Waals surface area contributed by atoms with Gasteiger partial charge in [-0.15, -0.1) is 54.1 Å². The minimum Gasteiger partial charge on any atom is -0.486 e. The summed E-state index contributed by atoms with van der Waals surface area (Å²) < 4.78 is 8.72. The van der Waals surface area contributed by atoms with E-state index in [-0.39, 0.29) is 25.5 Å². The number of para-hydroxylation sites is 1. The summed E-state index contributed by atoms with van der Waals surface area (Å²) in [5.74, 6) is 0.759. The summed E-state index contributed by atoms with van der Waals surface area (Å²) in [6, 6.07) is 50.5. The molecule has 0 saturated heterocycles. The summed E-state index contributed by atoms with van der Waals surface area (Å²) in [5.41, 5.74) is 15.2. The summed E-state index contributed by atoms with van der Waals surface area (Å²) in [5, 5.41) is 4.52. The van der Waals surface area contributed by atoms with Gasteiger partial charge in [-0.3, -0.25) is 9.97 Å². The Bertz CT molecular complexity index is 3270. The summed E-state index contributed by atoms with van der Waals surface area (Å²) in [4.78, 5) is 19.6. The fraction of sp³-hybridized carbons (Fsp3) is 0.200. The standard InChI is InChI=1S/C36H25N4O.C19H26NSi.Ir/c1-21-20-29-26-13-9-14-28(34(26)41-36(29)38-23(21)3)35-39-31-19-18-30-27(17-16-22(2)37-30)33(31)40(35)32-15-8-7-12-25(32)24-10-5-4-6-11-24;1-19(2,3)13-16-12-17(15-10-8-7-9-11-15)20-14-18(16)21(4,5)6;/h4-13,15-20H,1-3H3;7-10,12,14H,13H2,1-6H3;/q2*-1;. The zero-order valence-electron chi connectivity index (χ0n) is 37.4. The Kier molecular flexibility index (Phi) is 11.9. The van der Waals surface area contributed by atoms with Gasteiger partial charge in [0.05, 0.1) is 36.0 Å². The van der Waals surface area contributed by atoms with Crippen LogP contribution in [-0.4, -0.2) is 32.6 Å². The second-order valence-electron chi connectivity index (χ2n) is 18.5. The summed E-state index contributed by atoms with van der Waals surface area (Å²) in [7, 11) is -1.37. The predicted molar refractivity (Wildman–Crippen MR) is 260 cm³/mol. The Hall–Kier alpha value is -6.05. The normalized spacial score (nSPS) is 11.8. The first-order valence-corrected chi connectivity index (χ1v) is 24.9. The number of fused-ring (bicyclic) bond motifs is 6. The molecule has 8 heteroatoms. The van der Waals surface area contributed by atoms with Gasteiger partial charge in [-0.2, -0.15) is 0 Å². The van der Waals surface area contributed by atoms with Crippen molar-refractivity contribution in [3.8, 4) is 39.5 Å². The zero-order chi connectivity index (χ0) is 43.3. The average molecular weight is 1020 g/mol. The molecule has 63 heavy (non-hydrogen) atoms. The largest absolute Gasteiger partial charge is 0.486 e. The number of rotatable bonds is 6. The third-order valence-electron chi connectivity index (χ3n) is 11.4. The number of aryl methyl sites for hydroxylation is 3. The fourth-order valence-electron chi connectivity index (χ4n) is 8.42. The second kappa shape index (κ2) is 17.3. The molecule has 10 rings (SSSR count).